The molecule has 0 aliphatic heterocycles. The van der Waals surface area contributed by atoms with Gasteiger partial charge in [-0.2, -0.15) is 0 Å². The first-order valence-corrected chi connectivity index (χ1v) is 12.7. The molecule has 0 aliphatic carbocycles. The standard InChI is InChI=1S/C27H41NO10/c1-9-24(29)34-13-12-28-21(25(30)33-8)14-20-10-11-22(37-26(31)35-18(6)16(2)3)23(15-20)38-27(32)36-19(7)17(4)5/h10-11,15-19,21,28H,9,12-14H2,1-8H3/t18?,19?,21-/m0/s1. The summed E-state index contributed by atoms with van der Waals surface area (Å²) in [5.74, 6) is -0.900. The fourth-order valence-corrected chi connectivity index (χ4v) is 2.76. The molecule has 0 saturated heterocycles. The topological polar surface area (TPSA) is 136 Å². The molecule has 0 amide bonds. The monoisotopic (exact) mass is 539 g/mol. The van der Waals surface area contributed by atoms with Gasteiger partial charge in [-0.15, -0.1) is 0 Å². The van der Waals surface area contributed by atoms with Crippen LogP contribution >= 0.6 is 0 Å². The normalized spacial score (nSPS) is 13.3. The summed E-state index contributed by atoms with van der Waals surface area (Å²) < 4.78 is 31.1. The van der Waals surface area contributed by atoms with E-state index in [-0.39, 0.29) is 55.3 Å². The van der Waals surface area contributed by atoms with E-state index in [0.717, 1.165) is 0 Å². The molecule has 0 spiro atoms. The van der Waals surface area contributed by atoms with Gasteiger partial charge in [0.15, 0.2) is 11.5 Å². The number of carbonyl (C=O) groups is 4. The third-order valence-corrected chi connectivity index (χ3v) is 5.81. The lowest BCUT2D eigenvalue weighted by atomic mass is 10.1. The van der Waals surface area contributed by atoms with Crippen LogP contribution in [0, 0.1) is 11.8 Å². The molecule has 0 fully saturated rings. The van der Waals surface area contributed by atoms with Gasteiger partial charge in [0.25, 0.3) is 0 Å². The van der Waals surface area contributed by atoms with E-state index in [1.807, 2.05) is 27.7 Å². The fourth-order valence-electron chi connectivity index (χ4n) is 2.76. The van der Waals surface area contributed by atoms with Crippen molar-refractivity contribution in [3.05, 3.63) is 23.8 Å². The van der Waals surface area contributed by atoms with E-state index >= 15 is 0 Å². The van der Waals surface area contributed by atoms with E-state index in [1.165, 1.54) is 19.2 Å². The average Bonchev–Trinajstić information content (AvgIpc) is 2.86. The smallest absolute Gasteiger partial charge is 0.468 e. The zero-order valence-corrected chi connectivity index (χ0v) is 23.5. The highest BCUT2D eigenvalue weighted by Crippen LogP contribution is 2.30. The van der Waals surface area contributed by atoms with Crippen LogP contribution in [0.2, 0.25) is 0 Å². The molecule has 38 heavy (non-hydrogen) atoms. The van der Waals surface area contributed by atoms with E-state index in [1.54, 1.807) is 26.8 Å². The lowest BCUT2D eigenvalue weighted by Gasteiger charge is -2.19. The minimum Gasteiger partial charge on any atom is -0.468 e. The zero-order chi connectivity index (χ0) is 28.8. The fraction of sp³-hybridized carbons (Fsp3) is 0.630. The Kier molecular flexibility index (Phi) is 14.2. The summed E-state index contributed by atoms with van der Waals surface area (Å²) >= 11 is 0. The van der Waals surface area contributed by atoms with Crippen molar-refractivity contribution in [1.82, 2.24) is 5.32 Å². The Labute approximate surface area is 224 Å². The molecule has 3 atom stereocenters. The minimum atomic E-state index is -0.975. The third kappa shape index (κ3) is 11.8. The van der Waals surface area contributed by atoms with Crippen molar-refractivity contribution in [2.75, 3.05) is 20.3 Å². The molecule has 214 valence electrons. The van der Waals surface area contributed by atoms with Crippen LogP contribution in [0.1, 0.15) is 60.5 Å². The Bertz CT molecular complexity index is 930. The predicted octanol–water partition coefficient (Wildman–Crippen LogP) is 4.43. The second kappa shape index (κ2) is 16.5. The van der Waals surface area contributed by atoms with E-state index in [9.17, 15) is 19.2 Å². The van der Waals surface area contributed by atoms with Crippen molar-refractivity contribution < 1.29 is 47.6 Å². The van der Waals surface area contributed by atoms with Crippen molar-refractivity contribution in [3.63, 3.8) is 0 Å². The first-order valence-electron chi connectivity index (χ1n) is 12.7. The molecule has 1 rings (SSSR count). The van der Waals surface area contributed by atoms with Crippen molar-refractivity contribution in [1.29, 1.82) is 0 Å². The number of ether oxygens (including phenoxy) is 6. The molecule has 1 aromatic rings. The van der Waals surface area contributed by atoms with Crippen LogP contribution in [-0.4, -0.2) is 62.8 Å². The summed E-state index contributed by atoms with van der Waals surface area (Å²) in [5.41, 5.74) is 0.564. The van der Waals surface area contributed by atoms with Crippen molar-refractivity contribution in [3.8, 4) is 11.5 Å². The quantitative estimate of drug-likeness (QED) is 0.156. The van der Waals surface area contributed by atoms with Gasteiger partial charge in [0, 0.05) is 13.0 Å². The van der Waals surface area contributed by atoms with Crippen LogP contribution in [0.15, 0.2) is 18.2 Å². The second-order valence-electron chi connectivity index (χ2n) is 9.43. The molecule has 0 saturated carbocycles. The Morgan fingerprint density at radius 2 is 1.39 bits per heavy atom. The molecule has 0 radical (unpaired) electrons. The number of hydrogen-bond donors (Lipinski definition) is 1. The van der Waals surface area contributed by atoms with Gasteiger partial charge in [-0.25, -0.2) is 9.59 Å². The highest BCUT2D eigenvalue weighted by atomic mass is 16.8. The molecule has 1 aromatic carbocycles. The Morgan fingerprint density at radius 1 is 0.842 bits per heavy atom. The van der Waals surface area contributed by atoms with Crippen LogP contribution in [0.25, 0.3) is 0 Å². The lowest BCUT2D eigenvalue weighted by molar-refractivity contribution is -0.143. The van der Waals surface area contributed by atoms with Gasteiger partial charge in [-0.05, 0) is 49.8 Å². The van der Waals surface area contributed by atoms with Crippen molar-refractivity contribution in [2.45, 2.75) is 79.6 Å². The number of benzene rings is 1. The molecule has 11 nitrogen and oxygen atoms in total. The van der Waals surface area contributed by atoms with E-state index < -0.39 is 36.5 Å². The summed E-state index contributed by atoms with van der Waals surface area (Å²) in [7, 11) is 1.26. The number of rotatable bonds is 14. The minimum absolute atomic E-state index is 0.0561. The van der Waals surface area contributed by atoms with Gasteiger partial charge < -0.3 is 33.7 Å². The predicted molar refractivity (Wildman–Crippen MR) is 138 cm³/mol. The van der Waals surface area contributed by atoms with E-state index in [2.05, 4.69) is 5.32 Å². The average molecular weight is 540 g/mol. The highest BCUT2D eigenvalue weighted by molar-refractivity contribution is 5.76. The highest BCUT2D eigenvalue weighted by Gasteiger charge is 2.24. The Morgan fingerprint density at radius 3 is 1.89 bits per heavy atom. The summed E-state index contributed by atoms with van der Waals surface area (Å²) in [5, 5.41) is 2.99. The van der Waals surface area contributed by atoms with Crippen LogP contribution in [0.4, 0.5) is 9.59 Å². The van der Waals surface area contributed by atoms with Gasteiger partial charge in [-0.1, -0.05) is 40.7 Å². The number of methoxy groups -OCH3 is 1. The Hall–Kier alpha value is -3.34. The first kappa shape index (κ1) is 32.7. The zero-order valence-electron chi connectivity index (χ0n) is 23.5. The number of nitrogens with one attached hydrogen (secondary N) is 1. The van der Waals surface area contributed by atoms with Crippen LogP contribution < -0.4 is 14.8 Å². The molecule has 0 aromatic heterocycles. The number of hydrogen-bond acceptors (Lipinski definition) is 11. The maximum Gasteiger partial charge on any atom is 0.514 e. The van der Waals surface area contributed by atoms with Gasteiger partial charge in [0.05, 0.1) is 7.11 Å². The van der Waals surface area contributed by atoms with Gasteiger partial charge in [0.2, 0.25) is 0 Å². The molecular formula is C27H41NO10. The van der Waals surface area contributed by atoms with E-state index in [0.29, 0.717) is 5.56 Å². The van der Waals surface area contributed by atoms with Crippen molar-refractivity contribution in [2.24, 2.45) is 11.8 Å². The molecule has 11 heteroatoms. The number of esters is 2. The largest absolute Gasteiger partial charge is 0.514 e. The van der Waals surface area contributed by atoms with E-state index in [4.69, 9.17) is 28.4 Å². The van der Waals surface area contributed by atoms with Crippen LogP contribution in [0.5, 0.6) is 11.5 Å². The van der Waals surface area contributed by atoms with Crippen molar-refractivity contribution >= 4 is 24.2 Å². The molecule has 0 bridgehead atoms. The van der Waals surface area contributed by atoms with Crippen LogP contribution in [-0.2, 0) is 35.0 Å². The van der Waals surface area contributed by atoms with Crippen LogP contribution in [0.3, 0.4) is 0 Å². The number of carbonyl (C=O) groups excluding carboxylic acids is 4. The maximum atomic E-state index is 12.4. The first-order chi connectivity index (χ1) is 17.9. The molecule has 0 aliphatic rings. The molecular weight excluding hydrogens is 498 g/mol. The molecule has 1 N–H and O–H groups in total. The lowest BCUT2D eigenvalue weighted by Crippen LogP contribution is -2.41. The SMILES string of the molecule is CCC(=O)OCCN[C@@H](Cc1ccc(OC(=O)OC(C)C(C)C)c(OC(=O)OC(C)C(C)C)c1)C(=O)OC. The maximum absolute atomic E-state index is 12.4. The molecule has 0 heterocycles. The third-order valence-electron chi connectivity index (χ3n) is 5.81. The summed E-state index contributed by atoms with van der Waals surface area (Å²) in [6, 6.07) is 3.72. The summed E-state index contributed by atoms with van der Waals surface area (Å²) in [6.45, 7) is 13.0. The van der Waals surface area contributed by atoms with Gasteiger partial charge in [-0.3, -0.25) is 9.59 Å². The summed E-state index contributed by atoms with van der Waals surface area (Å²) in [6.07, 6.45) is -2.36. The molecule has 2 unspecified atom stereocenters. The second-order valence-corrected chi connectivity index (χ2v) is 9.43. The van der Waals surface area contributed by atoms with Gasteiger partial charge in [0.1, 0.15) is 24.9 Å². The Balaban J connectivity index is 3.11. The summed E-state index contributed by atoms with van der Waals surface area (Å²) in [4.78, 5) is 48.4. The van der Waals surface area contributed by atoms with Gasteiger partial charge >= 0.3 is 24.2 Å².